The molecular weight excluding hydrogens is 414 g/mol. The summed E-state index contributed by atoms with van der Waals surface area (Å²) in [6.45, 7) is 3.08. The van der Waals surface area contributed by atoms with Crippen LogP contribution in [0.3, 0.4) is 0 Å². The number of carbonyl (C=O) groups is 2. The Hall–Kier alpha value is -3.12. The molecular formula is C24H24ClN3O3. The van der Waals surface area contributed by atoms with Crippen molar-refractivity contribution in [2.24, 2.45) is 5.92 Å². The van der Waals surface area contributed by atoms with Gasteiger partial charge in [0, 0.05) is 23.7 Å². The third kappa shape index (κ3) is 4.64. The van der Waals surface area contributed by atoms with Gasteiger partial charge in [-0.2, -0.15) is 5.10 Å². The molecule has 2 aromatic carbocycles. The fourth-order valence-corrected chi connectivity index (χ4v) is 3.96. The molecule has 0 bridgehead atoms. The molecule has 2 heterocycles. The molecule has 0 N–H and O–H groups in total. The van der Waals surface area contributed by atoms with Crippen molar-refractivity contribution in [2.75, 3.05) is 19.7 Å². The maximum Gasteiger partial charge on any atom is 0.310 e. The van der Waals surface area contributed by atoms with Crippen LogP contribution in [0.4, 0.5) is 0 Å². The molecule has 7 heteroatoms. The number of ether oxygens (including phenoxy) is 1. The Morgan fingerprint density at radius 1 is 1.13 bits per heavy atom. The van der Waals surface area contributed by atoms with Crippen molar-refractivity contribution >= 4 is 23.5 Å². The highest BCUT2D eigenvalue weighted by molar-refractivity contribution is 6.30. The predicted octanol–water partition coefficient (Wildman–Crippen LogP) is 4.61. The number of hydrogen-bond donors (Lipinski definition) is 0. The summed E-state index contributed by atoms with van der Waals surface area (Å²) in [4.78, 5) is 27.5. The van der Waals surface area contributed by atoms with Gasteiger partial charge in [-0.25, -0.2) is 4.68 Å². The van der Waals surface area contributed by atoms with Crippen LogP contribution in [0.15, 0.2) is 60.7 Å². The van der Waals surface area contributed by atoms with Crippen molar-refractivity contribution in [3.63, 3.8) is 0 Å². The molecule has 6 nitrogen and oxygen atoms in total. The number of rotatable bonds is 5. The number of halogens is 1. The van der Waals surface area contributed by atoms with E-state index >= 15 is 0 Å². The van der Waals surface area contributed by atoms with Gasteiger partial charge in [-0.3, -0.25) is 9.59 Å². The van der Waals surface area contributed by atoms with Gasteiger partial charge in [0.1, 0.15) is 5.69 Å². The maximum absolute atomic E-state index is 13.5. The van der Waals surface area contributed by atoms with Crippen LogP contribution in [0, 0.1) is 5.92 Å². The summed E-state index contributed by atoms with van der Waals surface area (Å²) in [6.07, 6.45) is 1.49. The lowest BCUT2D eigenvalue weighted by Gasteiger charge is -2.31. The van der Waals surface area contributed by atoms with Gasteiger partial charge in [0.05, 0.1) is 23.9 Å². The van der Waals surface area contributed by atoms with Gasteiger partial charge in [0.2, 0.25) is 0 Å². The SMILES string of the molecule is CCOC(=O)C1CCCN(C(=O)c2cc(-c3ccccc3)nn2-c2ccc(Cl)cc2)C1. The van der Waals surface area contributed by atoms with E-state index in [-0.39, 0.29) is 17.8 Å². The monoisotopic (exact) mass is 437 g/mol. The molecule has 0 radical (unpaired) electrons. The molecule has 0 aliphatic carbocycles. The van der Waals surface area contributed by atoms with E-state index in [1.807, 2.05) is 42.5 Å². The minimum absolute atomic E-state index is 0.154. The first-order chi connectivity index (χ1) is 15.1. The number of nitrogens with zero attached hydrogens (tertiary/aromatic N) is 3. The third-order valence-electron chi connectivity index (χ3n) is 5.40. The van der Waals surface area contributed by atoms with Crippen LogP contribution in [0.1, 0.15) is 30.3 Å². The second kappa shape index (κ2) is 9.35. The number of amides is 1. The summed E-state index contributed by atoms with van der Waals surface area (Å²) in [5, 5.41) is 5.33. The maximum atomic E-state index is 13.5. The highest BCUT2D eigenvalue weighted by Gasteiger charge is 2.31. The first-order valence-corrected chi connectivity index (χ1v) is 10.8. The Morgan fingerprint density at radius 2 is 1.87 bits per heavy atom. The lowest BCUT2D eigenvalue weighted by molar-refractivity contribution is -0.149. The zero-order valence-electron chi connectivity index (χ0n) is 17.3. The largest absolute Gasteiger partial charge is 0.466 e. The van der Waals surface area contributed by atoms with Gasteiger partial charge >= 0.3 is 5.97 Å². The molecule has 1 aliphatic rings. The van der Waals surface area contributed by atoms with Gasteiger partial charge in [-0.15, -0.1) is 0 Å². The van der Waals surface area contributed by atoms with Crippen LogP contribution < -0.4 is 0 Å². The van der Waals surface area contributed by atoms with Gasteiger partial charge in [-0.05, 0) is 50.1 Å². The zero-order valence-corrected chi connectivity index (χ0v) is 18.1. The predicted molar refractivity (Wildman–Crippen MR) is 119 cm³/mol. The second-order valence-corrected chi connectivity index (χ2v) is 7.95. The third-order valence-corrected chi connectivity index (χ3v) is 5.65. The average Bonchev–Trinajstić information content (AvgIpc) is 3.25. The van der Waals surface area contributed by atoms with Crippen molar-refractivity contribution in [1.82, 2.24) is 14.7 Å². The molecule has 1 amide bonds. The molecule has 1 saturated heterocycles. The quantitative estimate of drug-likeness (QED) is 0.547. The smallest absolute Gasteiger partial charge is 0.310 e. The molecule has 1 atom stereocenters. The van der Waals surface area contributed by atoms with Crippen LogP contribution in [0.2, 0.25) is 5.02 Å². The molecule has 160 valence electrons. The average molecular weight is 438 g/mol. The molecule has 0 saturated carbocycles. The molecule has 31 heavy (non-hydrogen) atoms. The molecule has 4 rings (SSSR count). The molecule has 1 unspecified atom stereocenters. The summed E-state index contributed by atoms with van der Waals surface area (Å²) in [7, 11) is 0. The van der Waals surface area contributed by atoms with Gasteiger partial charge < -0.3 is 9.64 Å². The molecule has 1 aromatic heterocycles. The van der Waals surface area contributed by atoms with E-state index in [0.29, 0.717) is 36.1 Å². The van der Waals surface area contributed by atoms with Crippen molar-refractivity contribution in [2.45, 2.75) is 19.8 Å². The Balaban J connectivity index is 1.69. The van der Waals surface area contributed by atoms with E-state index in [1.165, 1.54) is 0 Å². The molecule has 3 aromatic rings. The lowest BCUT2D eigenvalue weighted by atomic mass is 9.98. The van der Waals surface area contributed by atoms with E-state index in [4.69, 9.17) is 21.4 Å². The van der Waals surface area contributed by atoms with Gasteiger partial charge in [0.25, 0.3) is 5.91 Å². The van der Waals surface area contributed by atoms with Crippen molar-refractivity contribution in [3.8, 4) is 16.9 Å². The Bertz CT molecular complexity index is 1060. The second-order valence-electron chi connectivity index (χ2n) is 7.51. The number of carbonyl (C=O) groups excluding carboxylic acids is 2. The van der Waals surface area contributed by atoms with Crippen molar-refractivity contribution < 1.29 is 14.3 Å². The van der Waals surface area contributed by atoms with Crippen LogP contribution in [-0.2, 0) is 9.53 Å². The summed E-state index contributed by atoms with van der Waals surface area (Å²) in [5.41, 5.74) is 2.82. The van der Waals surface area contributed by atoms with Gasteiger partial charge in [-0.1, -0.05) is 41.9 Å². The fourth-order valence-electron chi connectivity index (χ4n) is 3.84. The lowest BCUT2D eigenvalue weighted by Crippen LogP contribution is -2.43. The number of esters is 1. The molecule has 0 spiro atoms. The van der Waals surface area contributed by atoms with Crippen molar-refractivity contribution in [1.29, 1.82) is 0 Å². The highest BCUT2D eigenvalue weighted by atomic mass is 35.5. The van der Waals surface area contributed by atoms with Crippen LogP contribution in [0.25, 0.3) is 16.9 Å². The van der Waals surface area contributed by atoms with E-state index in [0.717, 1.165) is 24.1 Å². The van der Waals surface area contributed by atoms with Crippen molar-refractivity contribution in [3.05, 3.63) is 71.4 Å². The Morgan fingerprint density at radius 3 is 2.58 bits per heavy atom. The Kier molecular flexibility index (Phi) is 6.37. The van der Waals surface area contributed by atoms with Gasteiger partial charge in [0.15, 0.2) is 0 Å². The normalized spacial score (nSPS) is 16.2. The molecule has 1 fully saturated rings. The summed E-state index contributed by atoms with van der Waals surface area (Å²) < 4.78 is 6.82. The van der Waals surface area contributed by atoms with Crippen LogP contribution >= 0.6 is 11.6 Å². The van der Waals surface area contributed by atoms with E-state index in [2.05, 4.69) is 0 Å². The van der Waals surface area contributed by atoms with E-state index in [1.54, 1.807) is 34.7 Å². The topological polar surface area (TPSA) is 64.4 Å². The summed E-state index contributed by atoms with van der Waals surface area (Å²) in [5.74, 6) is -0.687. The summed E-state index contributed by atoms with van der Waals surface area (Å²) >= 11 is 6.05. The minimum Gasteiger partial charge on any atom is -0.466 e. The highest BCUT2D eigenvalue weighted by Crippen LogP contribution is 2.26. The number of piperidine rings is 1. The zero-order chi connectivity index (χ0) is 21.8. The van der Waals surface area contributed by atoms with Crippen LogP contribution in [0.5, 0.6) is 0 Å². The number of likely N-dealkylation sites (tertiary alicyclic amines) is 1. The van der Waals surface area contributed by atoms with E-state index in [9.17, 15) is 9.59 Å². The minimum atomic E-state index is -0.293. The number of benzene rings is 2. The first-order valence-electron chi connectivity index (χ1n) is 10.4. The first kappa shape index (κ1) is 21.1. The standard InChI is InChI=1S/C24H24ClN3O3/c1-2-31-24(30)18-9-6-14-27(16-18)23(29)22-15-21(17-7-4-3-5-8-17)26-28(22)20-12-10-19(25)11-13-20/h3-5,7-8,10-13,15,18H,2,6,9,14,16H2,1H3. The van der Waals surface area contributed by atoms with Crippen LogP contribution in [-0.4, -0.2) is 46.3 Å². The fraction of sp³-hybridized carbons (Fsp3) is 0.292. The molecule has 1 aliphatic heterocycles. The summed E-state index contributed by atoms with van der Waals surface area (Å²) in [6, 6.07) is 18.7. The number of aromatic nitrogens is 2. The Labute approximate surface area is 186 Å². The van der Waals surface area contributed by atoms with E-state index < -0.39 is 0 Å². The number of hydrogen-bond acceptors (Lipinski definition) is 4.